The highest BCUT2D eigenvalue weighted by molar-refractivity contribution is 9.10. The number of nitrogens with zero attached hydrogens (tertiary/aromatic N) is 1. The van der Waals surface area contributed by atoms with E-state index < -0.39 is 0 Å². The van der Waals surface area contributed by atoms with Crippen molar-refractivity contribution in [3.05, 3.63) is 22.9 Å². The molecule has 0 aliphatic carbocycles. The first-order valence-corrected chi connectivity index (χ1v) is 4.57. The van der Waals surface area contributed by atoms with Gasteiger partial charge in [-0.2, -0.15) is 0 Å². The zero-order valence-electron chi connectivity index (χ0n) is 7.17. The molecular weight excluding hydrogens is 234 g/mol. The highest BCUT2D eigenvalue weighted by Crippen LogP contribution is 2.19. The van der Waals surface area contributed by atoms with E-state index in [1.54, 1.807) is 25.5 Å². The van der Waals surface area contributed by atoms with E-state index in [9.17, 15) is 4.79 Å². The number of pyridine rings is 1. The molecule has 0 saturated carbocycles. The van der Waals surface area contributed by atoms with Gasteiger partial charge in [0.25, 0.3) is 0 Å². The van der Waals surface area contributed by atoms with E-state index in [-0.39, 0.29) is 5.91 Å². The predicted octanol–water partition coefficient (Wildman–Crippen LogP) is 1.00. The van der Waals surface area contributed by atoms with Gasteiger partial charge in [-0.05, 0) is 29.0 Å². The quantitative estimate of drug-likeness (QED) is 0.834. The lowest BCUT2D eigenvalue weighted by atomic mass is 10.4. The number of halogens is 1. The summed E-state index contributed by atoms with van der Waals surface area (Å²) in [5.74, 6) is -0.0746. The number of carbonyl (C=O) groups excluding carboxylic acids is 1. The highest BCUT2D eigenvalue weighted by Gasteiger charge is 2.02. The van der Waals surface area contributed by atoms with Gasteiger partial charge in [0, 0.05) is 12.4 Å². The van der Waals surface area contributed by atoms with Crippen LogP contribution in [0.4, 0.5) is 5.69 Å². The Morgan fingerprint density at radius 1 is 1.69 bits per heavy atom. The average molecular weight is 244 g/mol. The van der Waals surface area contributed by atoms with E-state index in [2.05, 4.69) is 31.5 Å². The molecule has 0 aromatic carbocycles. The van der Waals surface area contributed by atoms with Gasteiger partial charge in [-0.25, -0.2) is 0 Å². The molecule has 1 aromatic rings. The summed E-state index contributed by atoms with van der Waals surface area (Å²) in [4.78, 5) is 15.0. The average Bonchev–Trinajstić information content (AvgIpc) is 2.09. The molecule has 4 nitrogen and oxygen atoms in total. The lowest BCUT2D eigenvalue weighted by Gasteiger charge is -2.05. The Hall–Kier alpha value is -0.940. The molecule has 2 N–H and O–H groups in total. The van der Waals surface area contributed by atoms with Gasteiger partial charge in [-0.15, -0.1) is 0 Å². The molecular formula is C8H10BrN3O. The summed E-state index contributed by atoms with van der Waals surface area (Å²) in [6.07, 6.45) is 3.26. The number of hydrogen-bond acceptors (Lipinski definition) is 3. The molecule has 13 heavy (non-hydrogen) atoms. The summed E-state index contributed by atoms with van der Waals surface area (Å²) in [5, 5.41) is 5.49. The van der Waals surface area contributed by atoms with Crippen molar-refractivity contribution in [2.45, 2.75) is 0 Å². The van der Waals surface area contributed by atoms with Gasteiger partial charge >= 0.3 is 0 Å². The van der Waals surface area contributed by atoms with Gasteiger partial charge < -0.3 is 10.6 Å². The lowest BCUT2D eigenvalue weighted by molar-refractivity contribution is -0.115. The van der Waals surface area contributed by atoms with E-state index >= 15 is 0 Å². The first-order chi connectivity index (χ1) is 6.24. The van der Waals surface area contributed by atoms with Gasteiger partial charge in [0.15, 0.2) is 0 Å². The van der Waals surface area contributed by atoms with Crippen LogP contribution in [0.25, 0.3) is 0 Å². The number of likely N-dealkylation sites (N-methyl/N-ethyl adjacent to an activating group) is 1. The van der Waals surface area contributed by atoms with Crippen LogP contribution in [0.1, 0.15) is 0 Å². The molecule has 1 amide bonds. The Kier molecular flexibility index (Phi) is 3.85. The molecule has 0 aliphatic rings. The van der Waals surface area contributed by atoms with Crippen molar-refractivity contribution in [3.63, 3.8) is 0 Å². The van der Waals surface area contributed by atoms with Crippen LogP contribution < -0.4 is 10.6 Å². The van der Waals surface area contributed by atoms with Crippen LogP contribution in [-0.4, -0.2) is 24.5 Å². The van der Waals surface area contributed by atoms with Gasteiger partial charge in [-0.3, -0.25) is 9.78 Å². The van der Waals surface area contributed by atoms with Crippen LogP contribution in [0.5, 0.6) is 0 Å². The highest BCUT2D eigenvalue weighted by atomic mass is 79.9. The first-order valence-electron chi connectivity index (χ1n) is 3.78. The Balaban J connectivity index is 2.63. The molecule has 1 rings (SSSR count). The molecule has 0 spiro atoms. The van der Waals surface area contributed by atoms with Crippen molar-refractivity contribution >= 4 is 27.5 Å². The largest absolute Gasteiger partial charge is 0.324 e. The molecule has 0 unspecified atom stereocenters. The summed E-state index contributed by atoms with van der Waals surface area (Å²) >= 11 is 3.28. The number of hydrogen-bond donors (Lipinski definition) is 2. The van der Waals surface area contributed by atoms with Crippen molar-refractivity contribution in [3.8, 4) is 0 Å². The van der Waals surface area contributed by atoms with Crippen molar-refractivity contribution in [1.82, 2.24) is 10.3 Å². The molecule has 5 heteroatoms. The summed E-state index contributed by atoms with van der Waals surface area (Å²) in [5.41, 5.74) is 0.732. The molecule has 0 atom stereocenters. The molecule has 1 heterocycles. The summed E-state index contributed by atoms with van der Waals surface area (Å²) in [7, 11) is 1.72. The van der Waals surface area contributed by atoms with Crippen LogP contribution in [0, 0.1) is 0 Å². The second-order valence-electron chi connectivity index (χ2n) is 2.43. The van der Waals surface area contributed by atoms with Crippen LogP contribution >= 0.6 is 15.9 Å². The van der Waals surface area contributed by atoms with Crippen molar-refractivity contribution in [2.75, 3.05) is 18.9 Å². The number of amides is 1. The standard InChI is InChI=1S/C8H10BrN3O/c1-10-5-8(13)12-7-2-3-11-4-6(7)9/h2-4,10H,5H2,1H3,(H,11,12,13). The molecule has 0 bridgehead atoms. The minimum Gasteiger partial charge on any atom is -0.324 e. The number of anilines is 1. The molecule has 0 aliphatic heterocycles. The van der Waals surface area contributed by atoms with Crippen molar-refractivity contribution in [2.24, 2.45) is 0 Å². The van der Waals surface area contributed by atoms with Crippen LogP contribution in [0.3, 0.4) is 0 Å². The second kappa shape index (κ2) is 4.94. The maximum absolute atomic E-state index is 11.1. The van der Waals surface area contributed by atoms with Gasteiger partial charge in [0.2, 0.25) is 5.91 Å². The lowest BCUT2D eigenvalue weighted by Crippen LogP contribution is -2.25. The van der Waals surface area contributed by atoms with Crippen LogP contribution in [0.15, 0.2) is 22.9 Å². The summed E-state index contributed by atoms with van der Waals surface area (Å²) < 4.78 is 0.777. The van der Waals surface area contributed by atoms with Crippen LogP contribution in [0.2, 0.25) is 0 Å². The molecule has 0 saturated heterocycles. The van der Waals surface area contributed by atoms with Crippen molar-refractivity contribution in [1.29, 1.82) is 0 Å². The molecule has 0 radical (unpaired) electrons. The topological polar surface area (TPSA) is 54.0 Å². The molecule has 70 valence electrons. The Morgan fingerprint density at radius 2 is 2.46 bits per heavy atom. The van der Waals surface area contributed by atoms with E-state index in [0.717, 1.165) is 10.2 Å². The van der Waals surface area contributed by atoms with E-state index in [4.69, 9.17) is 0 Å². The monoisotopic (exact) mass is 243 g/mol. The normalized spacial score (nSPS) is 9.69. The maximum Gasteiger partial charge on any atom is 0.238 e. The third kappa shape index (κ3) is 3.12. The smallest absolute Gasteiger partial charge is 0.238 e. The fraction of sp³-hybridized carbons (Fsp3) is 0.250. The number of aromatic nitrogens is 1. The zero-order chi connectivity index (χ0) is 9.68. The van der Waals surface area contributed by atoms with Crippen molar-refractivity contribution < 1.29 is 4.79 Å². The minimum atomic E-state index is -0.0746. The second-order valence-corrected chi connectivity index (χ2v) is 3.29. The number of rotatable bonds is 3. The minimum absolute atomic E-state index is 0.0746. The predicted molar refractivity (Wildman–Crippen MR) is 54.5 cm³/mol. The van der Waals surface area contributed by atoms with Crippen LogP contribution in [-0.2, 0) is 4.79 Å². The van der Waals surface area contributed by atoms with Gasteiger partial charge in [0.05, 0.1) is 16.7 Å². The third-order valence-corrected chi connectivity index (χ3v) is 2.02. The van der Waals surface area contributed by atoms with E-state index in [0.29, 0.717) is 6.54 Å². The number of carbonyl (C=O) groups is 1. The Bertz CT molecular complexity index is 303. The Morgan fingerprint density at radius 3 is 3.08 bits per heavy atom. The maximum atomic E-state index is 11.1. The number of nitrogens with one attached hydrogen (secondary N) is 2. The fourth-order valence-corrected chi connectivity index (χ4v) is 1.18. The molecule has 0 fully saturated rings. The van der Waals surface area contributed by atoms with Gasteiger partial charge in [-0.1, -0.05) is 0 Å². The summed E-state index contributed by atoms with van der Waals surface area (Å²) in [6.45, 7) is 0.300. The molecule has 1 aromatic heterocycles. The Labute approximate surface area is 84.9 Å². The fourth-order valence-electron chi connectivity index (χ4n) is 0.832. The zero-order valence-corrected chi connectivity index (χ0v) is 8.76. The van der Waals surface area contributed by atoms with Gasteiger partial charge in [0.1, 0.15) is 0 Å². The SMILES string of the molecule is CNCC(=O)Nc1ccncc1Br. The van der Waals surface area contributed by atoms with E-state index in [1.165, 1.54) is 0 Å². The summed E-state index contributed by atoms with van der Waals surface area (Å²) in [6, 6.07) is 1.73. The first kappa shape index (κ1) is 10.1. The third-order valence-electron chi connectivity index (χ3n) is 1.38. The van der Waals surface area contributed by atoms with E-state index in [1.807, 2.05) is 0 Å².